The number of nitrogens with one attached hydrogen (secondary N) is 2. The van der Waals surface area contributed by atoms with Crippen LogP contribution in [-0.2, 0) is 9.59 Å². The Morgan fingerprint density at radius 3 is 1.95 bits per heavy atom. The molecular weight excluding hydrogens is 284 g/mol. The Kier molecular flexibility index (Phi) is 5.94. The number of amides is 1. The SMILES string of the molecule is CNC1CC(O)C(NC(=O)C2CCC(C(C)=O)CC2)CC1O. The van der Waals surface area contributed by atoms with Crippen molar-refractivity contribution < 1.29 is 19.8 Å². The van der Waals surface area contributed by atoms with Gasteiger partial charge in [-0.3, -0.25) is 9.59 Å². The second-order valence-corrected chi connectivity index (χ2v) is 6.78. The number of aliphatic hydroxyl groups excluding tert-OH is 2. The standard InChI is InChI=1S/C16H28N2O4/c1-9(19)10-3-5-11(6-4-10)16(22)18-13-8-14(20)12(17-2)7-15(13)21/h10-15,17,20-21H,3-8H2,1-2H3,(H,18,22). The molecule has 2 aliphatic rings. The van der Waals surface area contributed by atoms with Gasteiger partial charge >= 0.3 is 0 Å². The monoisotopic (exact) mass is 312 g/mol. The van der Waals surface area contributed by atoms with E-state index in [-0.39, 0.29) is 29.6 Å². The zero-order valence-electron chi connectivity index (χ0n) is 13.4. The van der Waals surface area contributed by atoms with Gasteiger partial charge in [-0.05, 0) is 52.5 Å². The van der Waals surface area contributed by atoms with Gasteiger partial charge in [-0.2, -0.15) is 0 Å². The number of hydrogen-bond donors (Lipinski definition) is 4. The van der Waals surface area contributed by atoms with Crippen molar-refractivity contribution in [3.8, 4) is 0 Å². The fourth-order valence-corrected chi connectivity index (χ4v) is 3.69. The first-order valence-corrected chi connectivity index (χ1v) is 8.26. The Bertz CT molecular complexity index is 407. The van der Waals surface area contributed by atoms with Crippen molar-refractivity contribution in [2.24, 2.45) is 11.8 Å². The maximum Gasteiger partial charge on any atom is 0.223 e. The molecule has 6 nitrogen and oxygen atoms in total. The Morgan fingerprint density at radius 1 is 0.909 bits per heavy atom. The molecule has 126 valence electrons. The van der Waals surface area contributed by atoms with Gasteiger partial charge in [0, 0.05) is 17.9 Å². The molecule has 2 rings (SSSR count). The molecule has 1 amide bonds. The van der Waals surface area contributed by atoms with Crippen LogP contribution in [0.2, 0.25) is 0 Å². The van der Waals surface area contributed by atoms with Gasteiger partial charge in [0.05, 0.1) is 18.2 Å². The van der Waals surface area contributed by atoms with E-state index in [0.29, 0.717) is 12.8 Å². The molecule has 0 aliphatic heterocycles. The van der Waals surface area contributed by atoms with E-state index in [9.17, 15) is 19.8 Å². The Hall–Kier alpha value is -0.980. The summed E-state index contributed by atoms with van der Waals surface area (Å²) in [6, 6.07) is -0.521. The molecule has 0 aromatic carbocycles. The van der Waals surface area contributed by atoms with Gasteiger partial charge in [-0.25, -0.2) is 0 Å². The van der Waals surface area contributed by atoms with Crippen LogP contribution in [0.4, 0.5) is 0 Å². The van der Waals surface area contributed by atoms with Gasteiger partial charge in [0.25, 0.3) is 0 Å². The second-order valence-electron chi connectivity index (χ2n) is 6.78. The lowest BCUT2D eigenvalue weighted by atomic mass is 9.79. The first-order chi connectivity index (χ1) is 10.4. The van der Waals surface area contributed by atoms with Crippen LogP contribution < -0.4 is 10.6 Å². The molecular formula is C16H28N2O4. The van der Waals surface area contributed by atoms with Crippen LogP contribution in [0.1, 0.15) is 45.4 Å². The predicted octanol–water partition coefficient (Wildman–Crippen LogP) is -0.0298. The van der Waals surface area contributed by atoms with Crippen LogP contribution in [0.3, 0.4) is 0 Å². The molecule has 6 heteroatoms. The van der Waals surface area contributed by atoms with Crippen molar-refractivity contribution in [1.29, 1.82) is 0 Å². The van der Waals surface area contributed by atoms with E-state index < -0.39 is 18.2 Å². The average molecular weight is 312 g/mol. The van der Waals surface area contributed by atoms with Gasteiger partial charge in [-0.15, -0.1) is 0 Å². The van der Waals surface area contributed by atoms with E-state index in [4.69, 9.17) is 0 Å². The summed E-state index contributed by atoms with van der Waals surface area (Å²) in [4.78, 5) is 23.7. The molecule has 0 heterocycles. The molecule has 0 radical (unpaired) electrons. The highest BCUT2D eigenvalue weighted by Gasteiger charge is 2.37. The number of aliphatic hydroxyl groups is 2. The minimum absolute atomic E-state index is 0.0545. The van der Waals surface area contributed by atoms with Gasteiger partial charge in [0.1, 0.15) is 5.78 Å². The van der Waals surface area contributed by atoms with Gasteiger partial charge in [-0.1, -0.05) is 0 Å². The lowest BCUT2D eigenvalue weighted by Crippen LogP contribution is -2.56. The maximum atomic E-state index is 12.3. The highest BCUT2D eigenvalue weighted by Crippen LogP contribution is 2.30. The number of carbonyl (C=O) groups excluding carboxylic acids is 2. The van der Waals surface area contributed by atoms with Crippen LogP contribution in [0.5, 0.6) is 0 Å². The number of hydrogen-bond acceptors (Lipinski definition) is 5. The van der Waals surface area contributed by atoms with Crippen molar-refractivity contribution in [3.05, 3.63) is 0 Å². The number of carbonyl (C=O) groups is 2. The highest BCUT2D eigenvalue weighted by molar-refractivity contribution is 5.81. The van der Waals surface area contributed by atoms with Crippen molar-refractivity contribution in [2.45, 2.75) is 69.7 Å². The maximum absolute atomic E-state index is 12.3. The average Bonchev–Trinajstić information content (AvgIpc) is 2.50. The van der Waals surface area contributed by atoms with E-state index in [0.717, 1.165) is 25.7 Å². The zero-order chi connectivity index (χ0) is 16.3. The zero-order valence-corrected chi connectivity index (χ0v) is 13.4. The number of ketones is 1. The predicted molar refractivity (Wildman–Crippen MR) is 82.2 cm³/mol. The molecule has 0 bridgehead atoms. The van der Waals surface area contributed by atoms with Gasteiger partial charge < -0.3 is 20.8 Å². The molecule has 0 aromatic heterocycles. The molecule has 4 unspecified atom stereocenters. The number of rotatable bonds is 4. The highest BCUT2D eigenvalue weighted by atomic mass is 16.3. The van der Waals surface area contributed by atoms with E-state index in [1.807, 2.05) is 0 Å². The minimum atomic E-state index is -0.640. The summed E-state index contributed by atoms with van der Waals surface area (Å²) in [5.41, 5.74) is 0. The molecule has 2 fully saturated rings. The molecule has 0 aromatic rings. The third-order valence-electron chi connectivity index (χ3n) is 5.29. The fourth-order valence-electron chi connectivity index (χ4n) is 3.69. The van der Waals surface area contributed by atoms with Crippen molar-refractivity contribution >= 4 is 11.7 Å². The molecule has 2 saturated carbocycles. The van der Waals surface area contributed by atoms with Crippen molar-refractivity contribution in [3.63, 3.8) is 0 Å². The van der Waals surface area contributed by atoms with Crippen molar-refractivity contribution in [2.75, 3.05) is 7.05 Å². The summed E-state index contributed by atoms with van der Waals surface area (Å²) in [5, 5.41) is 26.0. The molecule has 0 spiro atoms. The second kappa shape index (κ2) is 7.53. The molecule has 22 heavy (non-hydrogen) atoms. The normalized spacial score (nSPS) is 39.3. The summed E-state index contributed by atoms with van der Waals surface area (Å²) in [6.07, 6.45) is 2.57. The first kappa shape index (κ1) is 17.4. The van der Waals surface area contributed by atoms with Crippen LogP contribution >= 0.6 is 0 Å². The smallest absolute Gasteiger partial charge is 0.223 e. The van der Waals surface area contributed by atoms with Crippen LogP contribution in [0.15, 0.2) is 0 Å². The van der Waals surface area contributed by atoms with E-state index in [1.54, 1.807) is 14.0 Å². The van der Waals surface area contributed by atoms with Crippen LogP contribution in [0.25, 0.3) is 0 Å². The lowest BCUT2D eigenvalue weighted by Gasteiger charge is -2.38. The van der Waals surface area contributed by atoms with Crippen LogP contribution in [-0.4, -0.2) is 53.2 Å². The van der Waals surface area contributed by atoms with E-state index >= 15 is 0 Å². The summed E-state index contributed by atoms with van der Waals surface area (Å²) < 4.78 is 0. The van der Waals surface area contributed by atoms with Gasteiger partial charge in [0.15, 0.2) is 0 Å². The third kappa shape index (κ3) is 4.06. The topological polar surface area (TPSA) is 98.7 Å². The molecule has 4 N–H and O–H groups in total. The Balaban J connectivity index is 1.83. The number of Topliss-reactive ketones (excluding diaryl/α,β-unsaturated/α-hetero) is 1. The lowest BCUT2D eigenvalue weighted by molar-refractivity contribution is -0.130. The Morgan fingerprint density at radius 2 is 1.41 bits per heavy atom. The molecule has 2 aliphatic carbocycles. The number of likely N-dealkylation sites (N-methyl/N-ethyl adjacent to an activating group) is 1. The van der Waals surface area contributed by atoms with E-state index in [2.05, 4.69) is 10.6 Å². The molecule has 4 atom stereocenters. The molecule has 0 saturated heterocycles. The summed E-state index contributed by atoms with van der Waals surface area (Å²) in [7, 11) is 1.76. The van der Waals surface area contributed by atoms with Gasteiger partial charge in [0.2, 0.25) is 5.91 Å². The van der Waals surface area contributed by atoms with E-state index in [1.165, 1.54) is 0 Å². The summed E-state index contributed by atoms with van der Waals surface area (Å²) in [5.74, 6) is 0.174. The summed E-state index contributed by atoms with van der Waals surface area (Å²) in [6.45, 7) is 1.61. The van der Waals surface area contributed by atoms with Crippen molar-refractivity contribution in [1.82, 2.24) is 10.6 Å². The first-order valence-electron chi connectivity index (χ1n) is 8.26. The largest absolute Gasteiger partial charge is 0.391 e. The minimum Gasteiger partial charge on any atom is -0.391 e. The summed E-state index contributed by atoms with van der Waals surface area (Å²) >= 11 is 0. The fraction of sp³-hybridized carbons (Fsp3) is 0.875. The Labute approximate surface area is 131 Å². The quantitative estimate of drug-likeness (QED) is 0.584. The van der Waals surface area contributed by atoms with Crippen LogP contribution in [0, 0.1) is 11.8 Å². The third-order valence-corrected chi connectivity index (χ3v) is 5.29.